The van der Waals surface area contributed by atoms with Crippen molar-refractivity contribution in [2.75, 3.05) is 13.6 Å². The van der Waals surface area contributed by atoms with Crippen molar-refractivity contribution in [2.24, 2.45) is 11.8 Å². The van der Waals surface area contributed by atoms with Gasteiger partial charge in [-0.1, -0.05) is 19.3 Å². The lowest BCUT2D eigenvalue weighted by Crippen LogP contribution is -2.45. The number of carbonyl (C=O) groups is 3. The molecule has 2 N–H and O–H groups in total. The second-order valence-electron chi connectivity index (χ2n) is 8.79. The van der Waals surface area contributed by atoms with Gasteiger partial charge in [-0.3, -0.25) is 14.4 Å². The van der Waals surface area contributed by atoms with Crippen molar-refractivity contribution in [1.82, 2.24) is 15.5 Å². The van der Waals surface area contributed by atoms with E-state index in [4.69, 9.17) is 0 Å². The van der Waals surface area contributed by atoms with Gasteiger partial charge in [-0.2, -0.15) is 0 Å². The quantitative estimate of drug-likeness (QED) is 0.747. The first-order valence-corrected chi connectivity index (χ1v) is 11.1. The summed E-state index contributed by atoms with van der Waals surface area (Å²) in [6.07, 6.45) is 5.98. The maximum atomic E-state index is 13.3. The molecule has 0 aromatic heterocycles. The second-order valence-corrected chi connectivity index (χ2v) is 8.79. The van der Waals surface area contributed by atoms with Crippen molar-refractivity contribution in [1.29, 1.82) is 0 Å². The first-order valence-electron chi connectivity index (χ1n) is 11.1. The average Bonchev–Trinajstić information content (AvgIpc) is 3.26. The number of carbonyl (C=O) groups excluding carboxylic acids is 3. The molecule has 3 amide bonds. The predicted octanol–water partition coefficient (Wildman–Crippen LogP) is 2.90. The van der Waals surface area contributed by atoms with E-state index in [1.807, 2.05) is 0 Å². The van der Waals surface area contributed by atoms with Gasteiger partial charge in [-0.25, -0.2) is 8.78 Å². The van der Waals surface area contributed by atoms with Crippen LogP contribution in [0.2, 0.25) is 0 Å². The summed E-state index contributed by atoms with van der Waals surface area (Å²) in [6, 6.07) is 2.99. The van der Waals surface area contributed by atoms with Crippen LogP contribution in [0.1, 0.15) is 56.9 Å². The number of halogens is 2. The highest BCUT2D eigenvalue weighted by atomic mass is 19.1. The lowest BCUT2D eigenvalue weighted by atomic mass is 9.96. The van der Waals surface area contributed by atoms with Gasteiger partial charge in [0.15, 0.2) is 0 Å². The molecule has 2 fully saturated rings. The molecule has 1 heterocycles. The highest BCUT2D eigenvalue weighted by molar-refractivity contribution is 5.86. The number of hydrogen-bond donors (Lipinski definition) is 2. The van der Waals surface area contributed by atoms with E-state index >= 15 is 0 Å². The van der Waals surface area contributed by atoms with Crippen LogP contribution in [0.5, 0.6) is 0 Å². The van der Waals surface area contributed by atoms with Gasteiger partial charge >= 0.3 is 0 Å². The minimum atomic E-state index is -0.700. The standard InChI is InChI=1S/C23H31F2N3O3/c1-28-14-20(27-23(31)16-5-2-3-6-16)8-4-7-17(11-21(28)29)22(30)26-13-15-9-18(24)12-19(25)10-15/h9-10,12,16-17,20H,2-8,11,13-14H2,1H3,(H,26,30)(H,27,31)/t17-,20-/m1/s1. The first-order chi connectivity index (χ1) is 14.8. The minimum absolute atomic E-state index is 0.00584. The third-order valence-corrected chi connectivity index (χ3v) is 6.28. The van der Waals surface area contributed by atoms with Crippen LogP contribution in [-0.2, 0) is 20.9 Å². The Morgan fingerprint density at radius 1 is 0.968 bits per heavy atom. The Morgan fingerprint density at radius 3 is 2.29 bits per heavy atom. The van der Waals surface area contributed by atoms with E-state index in [2.05, 4.69) is 10.6 Å². The van der Waals surface area contributed by atoms with E-state index in [-0.39, 0.29) is 42.6 Å². The van der Waals surface area contributed by atoms with E-state index in [1.165, 1.54) is 12.1 Å². The van der Waals surface area contributed by atoms with Crippen LogP contribution in [-0.4, -0.2) is 42.3 Å². The van der Waals surface area contributed by atoms with Crippen molar-refractivity contribution in [3.63, 3.8) is 0 Å². The second kappa shape index (κ2) is 10.7. The molecule has 0 radical (unpaired) electrons. The molecule has 0 spiro atoms. The van der Waals surface area contributed by atoms with Crippen molar-refractivity contribution >= 4 is 17.7 Å². The van der Waals surface area contributed by atoms with E-state index in [9.17, 15) is 23.2 Å². The molecule has 170 valence electrons. The smallest absolute Gasteiger partial charge is 0.223 e. The summed E-state index contributed by atoms with van der Waals surface area (Å²) < 4.78 is 26.7. The molecule has 2 atom stereocenters. The first kappa shape index (κ1) is 23.2. The zero-order valence-corrected chi connectivity index (χ0v) is 18.0. The molecule has 3 rings (SSSR count). The highest BCUT2D eigenvalue weighted by Crippen LogP contribution is 2.25. The highest BCUT2D eigenvalue weighted by Gasteiger charge is 2.29. The van der Waals surface area contributed by atoms with Gasteiger partial charge < -0.3 is 15.5 Å². The van der Waals surface area contributed by atoms with Gasteiger partial charge in [0.25, 0.3) is 0 Å². The van der Waals surface area contributed by atoms with Crippen LogP contribution in [0.4, 0.5) is 8.78 Å². The number of nitrogens with one attached hydrogen (secondary N) is 2. The summed E-state index contributed by atoms with van der Waals surface area (Å²) in [4.78, 5) is 39.4. The Morgan fingerprint density at radius 2 is 1.61 bits per heavy atom. The molecule has 1 aromatic carbocycles. The van der Waals surface area contributed by atoms with E-state index < -0.39 is 17.6 Å². The molecular formula is C23H31F2N3O3. The number of hydrogen-bond acceptors (Lipinski definition) is 3. The molecule has 1 saturated carbocycles. The molecule has 31 heavy (non-hydrogen) atoms. The van der Waals surface area contributed by atoms with Gasteiger partial charge in [0.1, 0.15) is 11.6 Å². The number of likely N-dealkylation sites (N-methyl/N-ethyl adjacent to an activating group) is 1. The maximum Gasteiger partial charge on any atom is 0.223 e. The van der Waals surface area contributed by atoms with Crippen LogP contribution in [0, 0.1) is 23.5 Å². The van der Waals surface area contributed by atoms with Crippen molar-refractivity contribution in [3.8, 4) is 0 Å². The Balaban J connectivity index is 1.56. The fourth-order valence-electron chi connectivity index (χ4n) is 4.50. The summed E-state index contributed by atoms with van der Waals surface area (Å²) in [5, 5.41) is 5.80. The lowest BCUT2D eigenvalue weighted by Gasteiger charge is -2.25. The predicted molar refractivity (Wildman–Crippen MR) is 112 cm³/mol. The third-order valence-electron chi connectivity index (χ3n) is 6.28. The molecule has 6 nitrogen and oxygen atoms in total. The topological polar surface area (TPSA) is 78.5 Å². The molecule has 1 aliphatic heterocycles. The molecule has 0 bridgehead atoms. The zero-order valence-electron chi connectivity index (χ0n) is 18.0. The van der Waals surface area contributed by atoms with Gasteiger partial charge in [0.2, 0.25) is 17.7 Å². The Hall–Kier alpha value is -2.51. The summed E-state index contributed by atoms with van der Waals surface area (Å²) in [5.41, 5.74) is 0.326. The molecule has 1 aliphatic carbocycles. The van der Waals surface area contributed by atoms with Crippen LogP contribution in [0.3, 0.4) is 0 Å². The van der Waals surface area contributed by atoms with E-state index in [1.54, 1.807) is 11.9 Å². The Kier molecular flexibility index (Phi) is 7.98. The van der Waals surface area contributed by atoms with Crippen molar-refractivity contribution in [3.05, 3.63) is 35.4 Å². The van der Waals surface area contributed by atoms with Crippen molar-refractivity contribution < 1.29 is 23.2 Å². The minimum Gasteiger partial charge on any atom is -0.352 e. The van der Waals surface area contributed by atoms with Gasteiger partial charge in [-0.15, -0.1) is 0 Å². The average molecular weight is 436 g/mol. The fraction of sp³-hybridized carbons (Fsp3) is 0.609. The maximum absolute atomic E-state index is 13.3. The summed E-state index contributed by atoms with van der Waals surface area (Å²) in [7, 11) is 1.69. The Labute approximate surface area is 181 Å². The Bertz CT molecular complexity index is 791. The van der Waals surface area contributed by atoms with Crippen LogP contribution in [0.25, 0.3) is 0 Å². The largest absolute Gasteiger partial charge is 0.352 e. The molecule has 1 aromatic rings. The summed E-state index contributed by atoms with van der Waals surface area (Å²) >= 11 is 0. The number of nitrogens with zero attached hydrogens (tertiary/aromatic N) is 1. The molecule has 1 saturated heterocycles. The van der Waals surface area contributed by atoms with E-state index in [0.717, 1.165) is 31.7 Å². The number of amides is 3. The normalized spacial score (nSPS) is 23.1. The van der Waals surface area contributed by atoms with Crippen LogP contribution >= 0.6 is 0 Å². The third kappa shape index (κ3) is 6.74. The fourth-order valence-corrected chi connectivity index (χ4v) is 4.50. The van der Waals surface area contributed by atoms with Gasteiger partial charge in [0.05, 0.1) is 0 Å². The van der Waals surface area contributed by atoms with Gasteiger partial charge in [0, 0.05) is 50.5 Å². The molecule has 8 heteroatoms. The summed E-state index contributed by atoms with van der Waals surface area (Å²) in [6.45, 7) is 0.419. The van der Waals surface area contributed by atoms with Crippen LogP contribution < -0.4 is 10.6 Å². The number of benzene rings is 1. The zero-order chi connectivity index (χ0) is 22.4. The number of rotatable bonds is 5. The van der Waals surface area contributed by atoms with Crippen LogP contribution in [0.15, 0.2) is 18.2 Å². The van der Waals surface area contributed by atoms with Crippen molar-refractivity contribution in [2.45, 2.75) is 64.0 Å². The van der Waals surface area contributed by atoms with E-state index in [0.29, 0.717) is 31.4 Å². The monoisotopic (exact) mass is 435 g/mol. The SMILES string of the molecule is CN1C[C@H](NC(=O)C2CCCC2)CCC[C@@H](C(=O)NCc2cc(F)cc(F)c2)CC1=O. The molecular weight excluding hydrogens is 404 g/mol. The molecule has 0 unspecified atom stereocenters. The lowest BCUT2D eigenvalue weighted by molar-refractivity contribution is -0.135. The summed E-state index contributed by atoms with van der Waals surface area (Å²) in [5.74, 6) is -2.24. The molecule has 2 aliphatic rings. The van der Waals surface area contributed by atoms with Gasteiger partial charge in [-0.05, 0) is 43.4 Å².